The third-order valence-electron chi connectivity index (χ3n) is 3.94. The second-order valence-electron chi connectivity index (χ2n) is 5.93. The molecule has 156 valence electrons. The van der Waals surface area contributed by atoms with Crippen molar-refractivity contribution in [2.45, 2.75) is 6.18 Å². The minimum absolute atomic E-state index is 0.137. The Morgan fingerprint density at radius 1 is 1.13 bits per heavy atom. The van der Waals surface area contributed by atoms with Crippen LogP contribution in [0.3, 0.4) is 0 Å². The highest BCUT2D eigenvalue weighted by atomic mass is 35.5. The van der Waals surface area contributed by atoms with Crippen LogP contribution in [-0.2, 0) is 6.18 Å². The molecule has 3 aromatic rings. The van der Waals surface area contributed by atoms with Crippen molar-refractivity contribution in [3.63, 3.8) is 0 Å². The highest BCUT2D eigenvalue weighted by Gasteiger charge is 2.31. The maximum Gasteiger partial charge on any atom is 0.416 e. The predicted molar refractivity (Wildman–Crippen MR) is 101 cm³/mol. The van der Waals surface area contributed by atoms with E-state index in [0.717, 1.165) is 35.0 Å². The molecule has 0 atom stereocenters. The van der Waals surface area contributed by atoms with Crippen molar-refractivity contribution in [1.29, 1.82) is 0 Å². The van der Waals surface area contributed by atoms with Gasteiger partial charge in [0.25, 0.3) is 11.5 Å². The molecule has 11 heteroatoms. The van der Waals surface area contributed by atoms with Crippen molar-refractivity contribution in [2.75, 3.05) is 12.4 Å². The van der Waals surface area contributed by atoms with Crippen LogP contribution >= 0.6 is 11.6 Å². The maximum absolute atomic E-state index is 13.1. The summed E-state index contributed by atoms with van der Waals surface area (Å²) in [5.41, 5.74) is -2.23. The number of benzene rings is 2. The van der Waals surface area contributed by atoms with Crippen LogP contribution in [0.25, 0.3) is 5.69 Å². The molecule has 2 aromatic carbocycles. The number of amides is 1. The van der Waals surface area contributed by atoms with Crippen LogP contribution in [0.1, 0.15) is 16.1 Å². The quantitative estimate of drug-likeness (QED) is 0.612. The van der Waals surface area contributed by atoms with Gasteiger partial charge in [-0.2, -0.15) is 23.0 Å². The van der Waals surface area contributed by atoms with E-state index < -0.39 is 34.7 Å². The average molecular weight is 442 g/mol. The second-order valence-corrected chi connectivity index (χ2v) is 6.34. The Bertz CT molecular complexity index is 1160. The first kappa shape index (κ1) is 21.3. The number of nitrogens with one attached hydrogen (secondary N) is 1. The van der Waals surface area contributed by atoms with Gasteiger partial charge in [0.15, 0.2) is 11.4 Å². The van der Waals surface area contributed by atoms with Crippen LogP contribution in [0, 0.1) is 5.82 Å². The Labute approximate surface area is 171 Å². The van der Waals surface area contributed by atoms with E-state index in [9.17, 15) is 27.2 Å². The summed E-state index contributed by atoms with van der Waals surface area (Å²) in [5, 5.41) is 6.01. The van der Waals surface area contributed by atoms with Crippen molar-refractivity contribution in [2.24, 2.45) is 0 Å². The fraction of sp³-hybridized carbons (Fsp3) is 0.105. The summed E-state index contributed by atoms with van der Waals surface area (Å²) in [6, 6.07) is 8.12. The number of ether oxygens (including phenoxy) is 1. The summed E-state index contributed by atoms with van der Waals surface area (Å²) in [6.45, 7) is 0. The van der Waals surface area contributed by atoms with Crippen molar-refractivity contribution in [3.05, 3.63) is 81.0 Å². The number of nitrogens with zero attached hydrogens (tertiary/aromatic N) is 2. The zero-order chi connectivity index (χ0) is 22.1. The number of hydrogen-bond acceptors (Lipinski definition) is 4. The normalized spacial score (nSPS) is 11.3. The molecule has 0 bridgehead atoms. The summed E-state index contributed by atoms with van der Waals surface area (Å²) in [7, 11) is 1.19. The smallest absolute Gasteiger partial charge is 0.416 e. The van der Waals surface area contributed by atoms with Gasteiger partial charge in [0, 0.05) is 0 Å². The van der Waals surface area contributed by atoms with Gasteiger partial charge in [-0.05, 0) is 42.5 Å². The largest absolute Gasteiger partial charge is 0.494 e. The monoisotopic (exact) mass is 441 g/mol. The third-order valence-corrected chi connectivity index (χ3v) is 4.27. The first-order valence-corrected chi connectivity index (χ1v) is 8.60. The lowest BCUT2D eigenvalue weighted by Gasteiger charge is -2.13. The molecular formula is C19H12ClF4N3O3. The minimum atomic E-state index is -4.64. The number of carbonyl (C=O) groups excluding carboxylic acids is 1. The molecule has 0 aliphatic rings. The van der Waals surface area contributed by atoms with E-state index in [1.165, 1.54) is 19.2 Å². The summed E-state index contributed by atoms with van der Waals surface area (Å²) >= 11 is 5.89. The molecule has 0 fully saturated rings. The van der Waals surface area contributed by atoms with Crippen LogP contribution in [0.5, 0.6) is 5.75 Å². The SMILES string of the molecule is COc1cc(=O)n(-c2ccc(F)cc2)nc1C(=O)Nc1cc(C(F)(F)F)ccc1Cl. The zero-order valence-electron chi connectivity index (χ0n) is 15.1. The van der Waals surface area contributed by atoms with E-state index in [0.29, 0.717) is 6.07 Å². The lowest BCUT2D eigenvalue weighted by molar-refractivity contribution is -0.137. The summed E-state index contributed by atoms with van der Waals surface area (Å²) in [5.74, 6) is -1.72. The summed E-state index contributed by atoms with van der Waals surface area (Å²) < 4.78 is 57.8. The molecule has 0 saturated heterocycles. The van der Waals surface area contributed by atoms with E-state index in [1.54, 1.807) is 0 Å². The van der Waals surface area contributed by atoms with E-state index in [1.807, 2.05) is 0 Å². The molecule has 1 aromatic heterocycles. The van der Waals surface area contributed by atoms with Gasteiger partial charge in [0.2, 0.25) is 0 Å². The van der Waals surface area contributed by atoms with Gasteiger partial charge in [-0.1, -0.05) is 11.6 Å². The molecule has 0 radical (unpaired) electrons. The van der Waals surface area contributed by atoms with E-state index in [4.69, 9.17) is 16.3 Å². The molecule has 1 heterocycles. The van der Waals surface area contributed by atoms with Crippen molar-refractivity contribution < 1.29 is 27.1 Å². The van der Waals surface area contributed by atoms with Gasteiger partial charge < -0.3 is 10.1 Å². The Kier molecular flexibility index (Phi) is 5.79. The van der Waals surface area contributed by atoms with Gasteiger partial charge in [0.1, 0.15) is 5.82 Å². The average Bonchev–Trinajstić information content (AvgIpc) is 2.69. The molecule has 30 heavy (non-hydrogen) atoms. The highest BCUT2D eigenvalue weighted by molar-refractivity contribution is 6.34. The van der Waals surface area contributed by atoms with E-state index in [2.05, 4.69) is 10.4 Å². The fourth-order valence-corrected chi connectivity index (χ4v) is 2.66. The first-order valence-electron chi connectivity index (χ1n) is 8.22. The number of alkyl halides is 3. The summed E-state index contributed by atoms with van der Waals surface area (Å²) in [4.78, 5) is 25.0. The van der Waals surface area contributed by atoms with Crippen molar-refractivity contribution in [3.8, 4) is 11.4 Å². The van der Waals surface area contributed by atoms with Crippen LogP contribution in [0.2, 0.25) is 5.02 Å². The Balaban J connectivity index is 2.03. The molecule has 0 saturated carbocycles. The van der Waals surface area contributed by atoms with Crippen molar-refractivity contribution >= 4 is 23.2 Å². The molecule has 0 spiro atoms. The number of methoxy groups -OCH3 is 1. The highest BCUT2D eigenvalue weighted by Crippen LogP contribution is 2.34. The second kappa shape index (κ2) is 8.15. The van der Waals surface area contributed by atoms with Gasteiger partial charge >= 0.3 is 6.18 Å². The number of anilines is 1. The molecule has 0 aliphatic carbocycles. The Hall–Kier alpha value is -3.40. The van der Waals surface area contributed by atoms with Gasteiger partial charge in [-0.15, -0.1) is 0 Å². The molecule has 0 unspecified atom stereocenters. The zero-order valence-corrected chi connectivity index (χ0v) is 15.9. The minimum Gasteiger partial charge on any atom is -0.494 e. The fourth-order valence-electron chi connectivity index (χ4n) is 2.50. The number of rotatable bonds is 4. The topological polar surface area (TPSA) is 73.2 Å². The number of halogens is 5. The van der Waals surface area contributed by atoms with Crippen LogP contribution < -0.4 is 15.6 Å². The number of hydrogen-bond donors (Lipinski definition) is 1. The van der Waals surface area contributed by atoms with Crippen molar-refractivity contribution in [1.82, 2.24) is 9.78 Å². The van der Waals surface area contributed by atoms with Gasteiger partial charge in [-0.25, -0.2) is 4.39 Å². The van der Waals surface area contributed by atoms with E-state index >= 15 is 0 Å². The van der Waals surface area contributed by atoms with Crippen LogP contribution in [0.15, 0.2) is 53.3 Å². The molecule has 3 rings (SSSR count). The number of aromatic nitrogens is 2. The molecule has 1 N–H and O–H groups in total. The Morgan fingerprint density at radius 3 is 2.40 bits per heavy atom. The van der Waals surface area contributed by atoms with Gasteiger partial charge in [0.05, 0.1) is 35.1 Å². The maximum atomic E-state index is 13.1. The summed E-state index contributed by atoms with van der Waals surface area (Å²) in [6.07, 6.45) is -4.64. The standard InChI is InChI=1S/C19H12ClF4N3O3/c1-30-15-9-16(28)27(12-5-3-11(21)4-6-12)26-17(15)18(29)25-14-8-10(19(22,23)24)2-7-13(14)20/h2-9H,1H3,(H,25,29). The Morgan fingerprint density at radius 2 is 1.80 bits per heavy atom. The van der Waals surface area contributed by atoms with Gasteiger partial charge in [-0.3, -0.25) is 9.59 Å². The lowest BCUT2D eigenvalue weighted by atomic mass is 10.2. The molecule has 0 aliphatic heterocycles. The molecular weight excluding hydrogens is 430 g/mol. The van der Waals surface area contributed by atoms with Crippen LogP contribution in [-0.4, -0.2) is 22.8 Å². The predicted octanol–water partition coefficient (Wildman–Crippen LogP) is 4.30. The number of carbonyl (C=O) groups is 1. The molecule has 1 amide bonds. The molecule has 6 nitrogen and oxygen atoms in total. The first-order chi connectivity index (χ1) is 14.1. The van der Waals surface area contributed by atoms with E-state index in [-0.39, 0.29) is 22.1 Å². The van der Waals surface area contributed by atoms with Crippen LogP contribution in [0.4, 0.5) is 23.2 Å². The third kappa shape index (κ3) is 4.43. The lowest BCUT2D eigenvalue weighted by Crippen LogP contribution is -2.26.